The molecule has 1 unspecified atom stereocenters. The van der Waals surface area contributed by atoms with Crippen molar-refractivity contribution in [2.75, 3.05) is 19.4 Å². The summed E-state index contributed by atoms with van der Waals surface area (Å²) >= 11 is 1.44. The lowest BCUT2D eigenvalue weighted by molar-refractivity contribution is -0.137. The van der Waals surface area contributed by atoms with Crippen molar-refractivity contribution in [3.8, 4) is 0 Å². The predicted molar refractivity (Wildman–Crippen MR) is 78.4 cm³/mol. The van der Waals surface area contributed by atoms with Gasteiger partial charge in [0.1, 0.15) is 0 Å². The zero-order valence-electron chi connectivity index (χ0n) is 12.2. The van der Waals surface area contributed by atoms with Crippen LogP contribution < -0.4 is 5.32 Å². The van der Waals surface area contributed by atoms with Crippen molar-refractivity contribution in [2.24, 2.45) is 0 Å². The number of aromatic nitrogens is 1. The van der Waals surface area contributed by atoms with E-state index in [-0.39, 0.29) is 12.1 Å². The maximum absolute atomic E-state index is 12.4. The van der Waals surface area contributed by atoms with Gasteiger partial charge >= 0.3 is 6.18 Å². The average Bonchev–Trinajstić information content (AvgIpc) is 2.46. The van der Waals surface area contributed by atoms with Crippen molar-refractivity contribution in [2.45, 2.75) is 42.9 Å². The monoisotopic (exact) mass is 322 g/mol. The molecule has 2 N–H and O–H groups in total. The van der Waals surface area contributed by atoms with Crippen molar-refractivity contribution >= 4 is 11.8 Å². The first kappa shape index (κ1) is 18.3. The number of thioether (sulfide) groups is 1. The summed E-state index contributed by atoms with van der Waals surface area (Å²) in [6.07, 6.45) is -0.762. The van der Waals surface area contributed by atoms with Gasteiger partial charge in [0.15, 0.2) is 0 Å². The molecule has 1 rings (SSSR count). The minimum atomic E-state index is -4.34. The maximum atomic E-state index is 12.4. The molecule has 0 saturated carbocycles. The molecule has 1 atom stereocenters. The van der Waals surface area contributed by atoms with Crippen LogP contribution in [0.2, 0.25) is 0 Å². The number of pyridine rings is 1. The molecule has 0 aliphatic rings. The highest BCUT2D eigenvalue weighted by molar-refractivity contribution is 7.99. The van der Waals surface area contributed by atoms with Crippen LogP contribution in [0.4, 0.5) is 13.2 Å². The van der Waals surface area contributed by atoms with E-state index >= 15 is 0 Å². The molecule has 120 valence electrons. The molecule has 0 saturated heterocycles. The second-order valence-electron chi connectivity index (χ2n) is 5.16. The molecule has 3 nitrogen and oxygen atoms in total. The quantitative estimate of drug-likeness (QED) is 0.569. The maximum Gasteiger partial charge on any atom is 0.417 e. The Labute approximate surface area is 127 Å². The smallest absolute Gasteiger partial charge is 0.394 e. The molecule has 0 radical (unpaired) electrons. The van der Waals surface area contributed by atoms with Gasteiger partial charge in [-0.15, -0.1) is 11.8 Å². The number of aliphatic hydroxyl groups is 1. The lowest BCUT2D eigenvalue weighted by Gasteiger charge is -2.26. The summed E-state index contributed by atoms with van der Waals surface area (Å²) in [7, 11) is 1.82. The normalized spacial score (nSPS) is 15.0. The van der Waals surface area contributed by atoms with Crippen molar-refractivity contribution in [1.29, 1.82) is 0 Å². The largest absolute Gasteiger partial charge is 0.417 e. The number of halogens is 3. The van der Waals surface area contributed by atoms with Crippen LogP contribution in [0.5, 0.6) is 0 Å². The Morgan fingerprint density at radius 3 is 2.48 bits per heavy atom. The number of hydrogen-bond acceptors (Lipinski definition) is 4. The fourth-order valence-corrected chi connectivity index (χ4v) is 2.56. The third kappa shape index (κ3) is 6.23. The van der Waals surface area contributed by atoms with Crippen molar-refractivity contribution in [1.82, 2.24) is 10.3 Å². The first-order valence-electron chi connectivity index (χ1n) is 6.76. The minimum Gasteiger partial charge on any atom is -0.394 e. The summed E-state index contributed by atoms with van der Waals surface area (Å²) in [6, 6.07) is 2.46. The molecule has 0 spiro atoms. The van der Waals surface area contributed by atoms with Gasteiger partial charge in [0.25, 0.3) is 0 Å². The van der Waals surface area contributed by atoms with Gasteiger partial charge in [-0.2, -0.15) is 13.2 Å². The summed E-state index contributed by atoms with van der Waals surface area (Å²) in [5.41, 5.74) is -0.989. The summed E-state index contributed by atoms with van der Waals surface area (Å²) in [5, 5.41) is 12.9. The molecule has 21 heavy (non-hydrogen) atoms. The molecule has 7 heteroatoms. The fourth-order valence-electron chi connectivity index (χ4n) is 1.71. The topological polar surface area (TPSA) is 45.1 Å². The minimum absolute atomic E-state index is 0.0805. The standard InChI is InChI=1S/C14H21F3N2OS/c1-13(10-20,18-2)7-3-4-8-21-12-6-5-11(9-19-12)14(15,16)17/h5-6,9,18,20H,3-4,7-8,10H2,1-2H3. The molecular formula is C14H21F3N2OS. The van der Waals surface area contributed by atoms with E-state index in [1.807, 2.05) is 14.0 Å². The Morgan fingerprint density at radius 2 is 2.00 bits per heavy atom. The third-order valence-corrected chi connectivity index (χ3v) is 4.42. The highest BCUT2D eigenvalue weighted by atomic mass is 32.2. The average molecular weight is 322 g/mol. The number of nitrogens with zero attached hydrogens (tertiary/aromatic N) is 1. The van der Waals surface area contributed by atoms with Crippen LogP contribution in [0, 0.1) is 0 Å². The van der Waals surface area contributed by atoms with Gasteiger partial charge in [0.05, 0.1) is 17.2 Å². The highest BCUT2D eigenvalue weighted by Crippen LogP contribution is 2.29. The number of hydrogen-bond donors (Lipinski definition) is 2. The highest BCUT2D eigenvalue weighted by Gasteiger charge is 2.30. The van der Waals surface area contributed by atoms with E-state index in [9.17, 15) is 18.3 Å². The Kier molecular flexibility index (Phi) is 6.96. The Balaban J connectivity index is 2.30. The third-order valence-electron chi connectivity index (χ3n) is 3.39. The zero-order chi connectivity index (χ0) is 15.9. The van der Waals surface area contributed by atoms with Crippen LogP contribution in [0.25, 0.3) is 0 Å². The zero-order valence-corrected chi connectivity index (χ0v) is 13.0. The molecule has 0 bridgehead atoms. The Morgan fingerprint density at radius 1 is 1.29 bits per heavy atom. The van der Waals surface area contributed by atoms with Gasteiger partial charge in [-0.05, 0) is 44.7 Å². The molecule has 0 fully saturated rings. The number of alkyl halides is 3. The van der Waals surface area contributed by atoms with E-state index in [1.54, 1.807) is 0 Å². The van der Waals surface area contributed by atoms with Crippen LogP contribution in [-0.4, -0.2) is 35.0 Å². The van der Waals surface area contributed by atoms with E-state index in [0.29, 0.717) is 5.03 Å². The van der Waals surface area contributed by atoms with Gasteiger partial charge in [0.2, 0.25) is 0 Å². The Hall–Kier alpha value is -0.790. The molecular weight excluding hydrogens is 301 g/mol. The number of unbranched alkanes of at least 4 members (excludes halogenated alkanes) is 1. The van der Waals surface area contributed by atoms with Crippen molar-refractivity contribution < 1.29 is 18.3 Å². The van der Waals surface area contributed by atoms with Crippen LogP contribution in [0.15, 0.2) is 23.4 Å². The van der Waals surface area contributed by atoms with Crippen LogP contribution in [0.3, 0.4) is 0 Å². The van der Waals surface area contributed by atoms with E-state index in [2.05, 4.69) is 10.3 Å². The van der Waals surface area contributed by atoms with Gasteiger partial charge < -0.3 is 10.4 Å². The summed E-state index contributed by atoms with van der Waals surface area (Å²) in [6.45, 7) is 2.04. The van der Waals surface area contributed by atoms with Gasteiger partial charge in [-0.3, -0.25) is 0 Å². The molecule has 0 aliphatic heterocycles. The summed E-state index contributed by atoms with van der Waals surface area (Å²) in [5.74, 6) is 0.795. The summed E-state index contributed by atoms with van der Waals surface area (Å²) < 4.78 is 37.1. The van der Waals surface area contributed by atoms with E-state index in [1.165, 1.54) is 17.8 Å². The van der Waals surface area contributed by atoms with Gasteiger partial charge in [0, 0.05) is 11.7 Å². The number of likely N-dealkylation sites (N-methyl/N-ethyl adjacent to an activating group) is 1. The van der Waals surface area contributed by atoms with Crippen molar-refractivity contribution in [3.63, 3.8) is 0 Å². The second kappa shape index (κ2) is 8.00. The number of rotatable bonds is 8. The van der Waals surface area contributed by atoms with E-state index < -0.39 is 11.7 Å². The molecule has 0 amide bonds. The molecule has 1 heterocycles. The van der Waals surface area contributed by atoms with Crippen LogP contribution >= 0.6 is 11.8 Å². The molecule has 1 aromatic rings. The lowest BCUT2D eigenvalue weighted by atomic mass is 9.96. The van der Waals surface area contributed by atoms with E-state index in [4.69, 9.17) is 0 Å². The predicted octanol–water partition coefficient (Wildman–Crippen LogP) is 3.33. The molecule has 0 aromatic carbocycles. The molecule has 0 aliphatic carbocycles. The Bertz CT molecular complexity index is 419. The van der Waals surface area contributed by atoms with Crippen LogP contribution in [0.1, 0.15) is 31.7 Å². The van der Waals surface area contributed by atoms with Gasteiger partial charge in [-0.1, -0.05) is 6.42 Å². The van der Waals surface area contributed by atoms with Crippen LogP contribution in [-0.2, 0) is 6.18 Å². The molecule has 1 aromatic heterocycles. The second-order valence-corrected chi connectivity index (χ2v) is 6.27. The van der Waals surface area contributed by atoms with Gasteiger partial charge in [-0.25, -0.2) is 4.98 Å². The number of nitrogens with one attached hydrogen (secondary N) is 1. The summed E-state index contributed by atoms with van der Waals surface area (Å²) in [4.78, 5) is 3.81. The first-order chi connectivity index (χ1) is 9.80. The van der Waals surface area contributed by atoms with E-state index in [0.717, 1.165) is 37.3 Å². The lowest BCUT2D eigenvalue weighted by Crippen LogP contribution is -2.43. The SMILES string of the molecule is CNC(C)(CO)CCCCSc1ccc(C(F)(F)F)cn1. The van der Waals surface area contributed by atoms with Crippen molar-refractivity contribution in [3.05, 3.63) is 23.9 Å². The first-order valence-corrected chi connectivity index (χ1v) is 7.75. The fraction of sp³-hybridized carbons (Fsp3) is 0.643. The number of aliphatic hydroxyl groups excluding tert-OH is 1.